The smallest absolute Gasteiger partial charge is 0.160 e. The number of aromatic nitrogens is 1. The number of aliphatic imine (C=N–C) groups is 2. The fourth-order valence-corrected chi connectivity index (χ4v) is 8.67. The van der Waals surface area contributed by atoms with Gasteiger partial charge in [0.15, 0.2) is 5.84 Å². The van der Waals surface area contributed by atoms with E-state index >= 15 is 0 Å². The van der Waals surface area contributed by atoms with Gasteiger partial charge in [-0.15, -0.1) is 0 Å². The van der Waals surface area contributed by atoms with Crippen LogP contribution < -0.4 is 5.32 Å². The molecular weight excluding hydrogens is 741 g/mol. The first-order valence-electron chi connectivity index (χ1n) is 20.8. The normalized spacial score (nSPS) is 13.7. The van der Waals surface area contributed by atoms with E-state index in [0.29, 0.717) is 5.84 Å². The zero-order valence-electron chi connectivity index (χ0n) is 33.4. The SMILES string of the molecule is c1ccc(-c2cccc(-c3ccc(C4N=C(c5ccccc5-c5cccc(-c6ccccc6)c5)N=C(c5cccc(-n6c7ccccc7c7ccccc76)c5)N4)cc3)c2)cc1. The van der Waals surface area contributed by atoms with E-state index in [1.165, 1.54) is 49.6 Å². The van der Waals surface area contributed by atoms with Gasteiger partial charge in [0.05, 0.1) is 11.0 Å². The van der Waals surface area contributed by atoms with Crippen LogP contribution in [0.1, 0.15) is 22.9 Å². The lowest BCUT2D eigenvalue weighted by Gasteiger charge is -2.25. The summed E-state index contributed by atoms with van der Waals surface area (Å²) in [6.45, 7) is 0. The molecule has 10 aromatic rings. The molecule has 2 heterocycles. The summed E-state index contributed by atoms with van der Waals surface area (Å²) in [4.78, 5) is 10.7. The molecule has 0 fully saturated rings. The third-order valence-corrected chi connectivity index (χ3v) is 11.7. The molecule has 0 radical (unpaired) electrons. The standard InChI is InChI=1S/C57H40N4/c1-3-16-39(17-4-1)43-20-13-21-44(36-43)41-32-34-42(35-33-41)55-58-56(47-24-15-25-48(38-47)61-53-30-11-9-27-50(53)51-28-10-12-31-54(51)61)60-57(59-55)52-29-8-7-26-49(52)46-23-14-22-45(37-46)40-18-5-2-6-19-40/h1-38,55H,(H,58,59,60). The third-order valence-electron chi connectivity index (χ3n) is 11.7. The predicted molar refractivity (Wildman–Crippen MR) is 254 cm³/mol. The molecule has 4 nitrogen and oxygen atoms in total. The van der Waals surface area contributed by atoms with Gasteiger partial charge >= 0.3 is 0 Å². The predicted octanol–water partition coefficient (Wildman–Crippen LogP) is 13.9. The first-order valence-corrected chi connectivity index (χ1v) is 20.8. The molecule has 61 heavy (non-hydrogen) atoms. The van der Waals surface area contributed by atoms with Crippen LogP contribution >= 0.6 is 0 Å². The van der Waals surface area contributed by atoms with Crippen LogP contribution in [0.15, 0.2) is 241 Å². The monoisotopic (exact) mass is 780 g/mol. The Kier molecular flexibility index (Phi) is 9.21. The van der Waals surface area contributed by atoms with Gasteiger partial charge in [-0.05, 0) is 86.5 Å². The number of benzene rings is 9. The van der Waals surface area contributed by atoms with Crippen LogP contribution in [0, 0.1) is 0 Å². The minimum Gasteiger partial charge on any atom is -0.344 e. The number of nitrogens with zero attached hydrogens (tertiary/aromatic N) is 3. The maximum Gasteiger partial charge on any atom is 0.160 e. The second kappa shape index (κ2) is 15.6. The third kappa shape index (κ3) is 6.90. The summed E-state index contributed by atoms with van der Waals surface area (Å²) in [5, 5.41) is 6.23. The van der Waals surface area contributed by atoms with Gasteiger partial charge in [0.1, 0.15) is 12.0 Å². The molecule has 1 atom stereocenters. The molecule has 0 bridgehead atoms. The minimum atomic E-state index is -0.382. The number of hydrogen-bond donors (Lipinski definition) is 1. The molecule has 1 aliphatic rings. The van der Waals surface area contributed by atoms with Gasteiger partial charge in [-0.3, -0.25) is 0 Å². The molecular formula is C57H40N4. The van der Waals surface area contributed by atoms with Crippen molar-refractivity contribution < 1.29 is 0 Å². The van der Waals surface area contributed by atoms with Gasteiger partial charge in [0.25, 0.3) is 0 Å². The lowest BCUT2D eigenvalue weighted by molar-refractivity contribution is 0.674. The van der Waals surface area contributed by atoms with Gasteiger partial charge in [-0.1, -0.05) is 194 Å². The second-order valence-corrected chi connectivity index (χ2v) is 15.4. The first kappa shape index (κ1) is 36.0. The highest BCUT2D eigenvalue weighted by Crippen LogP contribution is 2.35. The maximum absolute atomic E-state index is 5.39. The Morgan fingerprint density at radius 3 is 1.48 bits per heavy atom. The van der Waals surface area contributed by atoms with Crippen LogP contribution in [-0.4, -0.2) is 16.2 Å². The van der Waals surface area contributed by atoms with Crippen molar-refractivity contribution in [3.05, 3.63) is 247 Å². The van der Waals surface area contributed by atoms with Gasteiger partial charge in [0, 0.05) is 27.6 Å². The molecule has 288 valence electrons. The van der Waals surface area contributed by atoms with Crippen LogP contribution in [0.4, 0.5) is 0 Å². The van der Waals surface area contributed by atoms with E-state index < -0.39 is 0 Å². The molecule has 1 aromatic heterocycles. The molecule has 1 N–H and O–H groups in total. The van der Waals surface area contributed by atoms with Crippen molar-refractivity contribution in [1.29, 1.82) is 0 Å². The van der Waals surface area contributed by atoms with Gasteiger partial charge in [0.2, 0.25) is 0 Å². The van der Waals surface area contributed by atoms with Crippen LogP contribution in [0.2, 0.25) is 0 Å². The van der Waals surface area contributed by atoms with Crippen molar-refractivity contribution >= 4 is 33.5 Å². The summed E-state index contributed by atoms with van der Waals surface area (Å²) in [6.07, 6.45) is -0.382. The van der Waals surface area contributed by atoms with Gasteiger partial charge in [-0.25, -0.2) is 9.98 Å². The van der Waals surface area contributed by atoms with Crippen molar-refractivity contribution in [2.45, 2.75) is 6.17 Å². The Morgan fingerprint density at radius 2 is 0.836 bits per heavy atom. The fourth-order valence-electron chi connectivity index (χ4n) is 8.67. The zero-order valence-corrected chi connectivity index (χ0v) is 33.4. The van der Waals surface area contributed by atoms with Crippen molar-refractivity contribution in [3.63, 3.8) is 0 Å². The molecule has 0 aliphatic carbocycles. The van der Waals surface area contributed by atoms with E-state index in [1.807, 2.05) is 0 Å². The Bertz CT molecular complexity index is 3210. The number of fused-ring (bicyclic) bond motifs is 3. The highest BCUT2D eigenvalue weighted by Gasteiger charge is 2.24. The number of hydrogen-bond acceptors (Lipinski definition) is 3. The summed E-state index contributed by atoms with van der Waals surface area (Å²) in [7, 11) is 0. The molecule has 1 unspecified atom stereocenters. The van der Waals surface area contributed by atoms with E-state index in [2.05, 4.69) is 240 Å². The number of amidine groups is 2. The molecule has 0 spiro atoms. The quantitative estimate of drug-likeness (QED) is 0.164. The van der Waals surface area contributed by atoms with E-state index in [4.69, 9.17) is 9.98 Å². The Labute approximate surface area is 355 Å². The van der Waals surface area contributed by atoms with Crippen LogP contribution in [0.25, 0.3) is 72.0 Å². The largest absolute Gasteiger partial charge is 0.344 e. The van der Waals surface area contributed by atoms with E-state index in [-0.39, 0.29) is 6.17 Å². The average molecular weight is 781 g/mol. The van der Waals surface area contributed by atoms with Crippen LogP contribution in [0.5, 0.6) is 0 Å². The summed E-state index contributed by atoms with van der Waals surface area (Å²) in [6, 6.07) is 81.8. The molecule has 0 amide bonds. The lowest BCUT2D eigenvalue weighted by Crippen LogP contribution is -2.33. The molecule has 9 aromatic carbocycles. The lowest BCUT2D eigenvalue weighted by atomic mass is 9.95. The fraction of sp³-hybridized carbons (Fsp3) is 0.0175. The summed E-state index contributed by atoms with van der Waals surface area (Å²) in [5.41, 5.74) is 15.7. The number of nitrogens with one attached hydrogen (secondary N) is 1. The van der Waals surface area contributed by atoms with Crippen molar-refractivity contribution in [2.24, 2.45) is 9.98 Å². The van der Waals surface area contributed by atoms with Gasteiger partial charge in [-0.2, -0.15) is 0 Å². The maximum atomic E-state index is 5.39. The van der Waals surface area contributed by atoms with Crippen molar-refractivity contribution in [1.82, 2.24) is 9.88 Å². The summed E-state index contributed by atoms with van der Waals surface area (Å²) < 4.78 is 2.35. The van der Waals surface area contributed by atoms with Crippen LogP contribution in [0.3, 0.4) is 0 Å². The molecule has 0 saturated carbocycles. The van der Waals surface area contributed by atoms with E-state index in [0.717, 1.165) is 44.9 Å². The highest BCUT2D eigenvalue weighted by molar-refractivity contribution is 6.15. The van der Waals surface area contributed by atoms with E-state index in [9.17, 15) is 0 Å². The Hall–Kier alpha value is -8.08. The first-order chi connectivity index (χ1) is 30.2. The number of para-hydroxylation sites is 2. The van der Waals surface area contributed by atoms with Gasteiger partial charge < -0.3 is 9.88 Å². The summed E-state index contributed by atoms with van der Waals surface area (Å²) >= 11 is 0. The molecule has 4 heteroatoms. The molecule has 11 rings (SSSR count). The number of rotatable bonds is 8. The van der Waals surface area contributed by atoms with Crippen LogP contribution in [-0.2, 0) is 0 Å². The summed E-state index contributed by atoms with van der Waals surface area (Å²) in [5.74, 6) is 1.45. The second-order valence-electron chi connectivity index (χ2n) is 15.4. The van der Waals surface area contributed by atoms with Crippen molar-refractivity contribution in [2.75, 3.05) is 0 Å². The van der Waals surface area contributed by atoms with Crippen molar-refractivity contribution in [3.8, 4) is 50.2 Å². The minimum absolute atomic E-state index is 0.382. The average Bonchev–Trinajstić information content (AvgIpc) is 3.69. The Balaban J connectivity index is 1.01. The zero-order chi connectivity index (χ0) is 40.5. The molecule has 1 aliphatic heterocycles. The molecule has 0 saturated heterocycles. The van der Waals surface area contributed by atoms with E-state index in [1.54, 1.807) is 0 Å². The topological polar surface area (TPSA) is 41.7 Å². The highest BCUT2D eigenvalue weighted by atomic mass is 15.2. The Morgan fingerprint density at radius 1 is 0.361 bits per heavy atom.